The molecule has 0 saturated heterocycles. The van der Waals surface area contributed by atoms with E-state index in [9.17, 15) is 9.59 Å². The van der Waals surface area contributed by atoms with E-state index >= 15 is 0 Å². The minimum absolute atomic E-state index is 0.0770. The summed E-state index contributed by atoms with van der Waals surface area (Å²) >= 11 is 0. The lowest BCUT2D eigenvalue weighted by atomic mass is 10.0. The number of rotatable bonds is 10. The molecule has 11 heteroatoms. The number of nitrogens with one attached hydrogen (secondary N) is 1. The molecule has 3 heterocycles. The number of nitrogens with two attached hydrogens (primary N) is 1. The molecule has 3 aliphatic heterocycles. The molecular formula is C42H41N5O6. The number of hydrogen-bond donors (Lipinski definition) is 2. The Bertz CT molecular complexity index is 2230. The summed E-state index contributed by atoms with van der Waals surface area (Å²) in [6, 6.07) is 20.4. The van der Waals surface area contributed by atoms with Gasteiger partial charge >= 0.3 is 0 Å². The van der Waals surface area contributed by atoms with Crippen molar-refractivity contribution in [3.63, 3.8) is 0 Å². The largest absolute Gasteiger partial charge is 0.493 e. The number of carbonyl (C=O) groups is 2. The SMILES string of the molecule is CNc1cc(OCc2cc(N)cc(COc3cc4c(cc3OC)C(=O)N3c5ccccc5CC3C=N4)c2)c(OC)cc1C(=O)N1CCC2=C1C=CCC2. The molecule has 1 aliphatic carbocycles. The Hall–Kier alpha value is -6.23. The molecule has 8 rings (SSSR count). The third kappa shape index (κ3) is 6.32. The molecule has 0 fully saturated rings. The van der Waals surface area contributed by atoms with Crippen LogP contribution in [0, 0.1) is 0 Å². The van der Waals surface area contributed by atoms with Crippen LogP contribution in [0.4, 0.5) is 22.7 Å². The number of para-hydroxylation sites is 1. The summed E-state index contributed by atoms with van der Waals surface area (Å²) < 4.78 is 23.9. The van der Waals surface area contributed by atoms with Gasteiger partial charge in [0.25, 0.3) is 11.8 Å². The first-order chi connectivity index (χ1) is 25.8. The Kier molecular flexibility index (Phi) is 8.99. The van der Waals surface area contributed by atoms with Crippen molar-refractivity contribution in [2.75, 3.05) is 43.8 Å². The molecule has 4 aromatic rings. The fourth-order valence-electron chi connectivity index (χ4n) is 7.64. The predicted molar refractivity (Wildman–Crippen MR) is 205 cm³/mol. The van der Waals surface area contributed by atoms with Gasteiger partial charge in [0.2, 0.25) is 0 Å². The second-order valence-corrected chi connectivity index (χ2v) is 13.5. The number of aliphatic imine (C=N–C) groups is 1. The van der Waals surface area contributed by atoms with Crippen molar-refractivity contribution < 1.29 is 28.5 Å². The zero-order valence-electron chi connectivity index (χ0n) is 30.0. The summed E-state index contributed by atoms with van der Waals surface area (Å²) in [5.74, 6) is 1.62. The van der Waals surface area contributed by atoms with Crippen LogP contribution in [0.3, 0.4) is 0 Å². The van der Waals surface area contributed by atoms with Crippen molar-refractivity contribution in [3.05, 3.63) is 118 Å². The third-order valence-corrected chi connectivity index (χ3v) is 10.2. The lowest BCUT2D eigenvalue weighted by molar-refractivity contribution is 0.0823. The maximum atomic E-state index is 13.8. The van der Waals surface area contributed by atoms with Gasteiger partial charge in [-0.25, -0.2) is 0 Å². The van der Waals surface area contributed by atoms with Gasteiger partial charge in [0.15, 0.2) is 23.0 Å². The summed E-state index contributed by atoms with van der Waals surface area (Å²) in [4.78, 5) is 35.9. The minimum atomic E-state index is -0.156. The van der Waals surface area contributed by atoms with E-state index in [1.807, 2.05) is 53.6 Å². The van der Waals surface area contributed by atoms with Gasteiger partial charge in [-0.1, -0.05) is 24.3 Å². The molecule has 53 heavy (non-hydrogen) atoms. The van der Waals surface area contributed by atoms with Crippen LogP contribution < -0.4 is 34.9 Å². The average molecular weight is 712 g/mol. The summed E-state index contributed by atoms with van der Waals surface area (Å²) in [5.41, 5.74) is 15.0. The van der Waals surface area contributed by atoms with Crippen LogP contribution in [0.25, 0.3) is 0 Å². The second-order valence-electron chi connectivity index (χ2n) is 13.5. The van der Waals surface area contributed by atoms with Crippen LogP contribution in [0.2, 0.25) is 0 Å². The van der Waals surface area contributed by atoms with Gasteiger partial charge < -0.3 is 34.9 Å². The molecule has 4 aromatic carbocycles. The molecule has 0 bridgehead atoms. The number of ether oxygens (including phenoxy) is 4. The lowest BCUT2D eigenvalue weighted by Gasteiger charge is -2.23. The number of anilines is 3. The zero-order chi connectivity index (χ0) is 36.6. The fraction of sp³-hybridized carbons (Fsp3) is 0.262. The smallest absolute Gasteiger partial charge is 0.261 e. The average Bonchev–Trinajstić information content (AvgIpc) is 3.75. The first-order valence-corrected chi connectivity index (χ1v) is 17.8. The molecule has 4 aliphatic rings. The molecule has 0 spiro atoms. The van der Waals surface area contributed by atoms with Crippen molar-refractivity contribution in [1.82, 2.24) is 4.90 Å². The van der Waals surface area contributed by atoms with Gasteiger partial charge in [-0.3, -0.25) is 19.5 Å². The topological polar surface area (TPSA) is 128 Å². The van der Waals surface area contributed by atoms with Crippen LogP contribution in [-0.2, 0) is 19.6 Å². The maximum Gasteiger partial charge on any atom is 0.261 e. The molecule has 11 nitrogen and oxygen atoms in total. The molecule has 270 valence electrons. The Labute approximate surface area is 308 Å². The van der Waals surface area contributed by atoms with Crippen LogP contribution in [-0.4, -0.2) is 56.8 Å². The molecule has 1 unspecified atom stereocenters. The van der Waals surface area contributed by atoms with Crippen molar-refractivity contribution in [3.8, 4) is 23.0 Å². The van der Waals surface area contributed by atoms with E-state index in [2.05, 4.69) is 17.5 Å². The normalized spacial score (nSPS) is 16.8. The second kappa shape index (κ2) is 14.1. The van der Waals surface area contributed by atoms with Gasteiger partial charge in [-0.05, 0) is 84.0 Å². The van der Waals surface area contributed by atoms with Gasteiger partial charge in [0.05, 0.1) is 42.8 Å². The van der Waals surface area contributed by atoms with Gasteiger partial charge in [0, 0.05) is 55.4 Å². The number of carbonyl (C=O) groups excluding carboxylic acids is 2. The number of amides is 2. The van der Waals surface area contributed by atoms with Crippen molar-refractivity contribution in [1.29, 1.82) is 0 Å². The maximum absolute atomic E-state index is 13.8. The van der Waals surface area contributed by atoms with E-state index in [1.54, 1.807) is 50.4 Å². The number of nitrogen functional groups attached to an aromatic ring is 1. The number of hydrogen-bond acceptors (Lipinski definition) is 9. The van der Waals surface area contributed by atoms with E-state index in [4.69, 9.17) is 29.7 Å². The summed E-state index contributed by atoms with van der Waals surface area (Å²) in [6.07, 6.45) is 9.65. The fourth-order valence-corrected chi connectivity index (χ4v) is 7.64. The molecule has 2 amide bonds. The standard InChI is InChI=1S/C42H41N5O6/c1-44-33-20-39(37(50-2)18-31(33)41(48)46-13-12-27-8-4-6-10-35(27)46)52-23-25-14-26(16-29(43)15-25)24-53-40-21-34-32(19-38(40)51-3)42(49)47-30(22-45-34)17-28-9-5-7-11-36(28)47/h5-7,9-11,14-16,18-22,30,44H,4,8,12-13,17,23-24,43H2,1-3H3. The van der Waals surface area contributed by atoms with Crippen molar-refractivity contribution >= 4 is 40.8 Å². The number of methoxy groups -OCH3 is 2. The Morgan fingerprint density at radius 1 is 0.925 bits per heavy atom. The summed E-state index contributed by atoms with van der Waals surface area (Å²) in [5, 5.41) is 3.17. The quantitative estimate of drug-likeness (QED) is 0.165. The van der Waals surface area contributed by atoms with Crippen LogP contribution in [0.15, 0.2) is 95.1 Å². The Balaban J connectivity index is 0.980. The van der Waals surface area contributed by atoms with E-state index in [1.165, 1.54) is 5.57 Å². The Morgan fingerprint density at radius 2 is 1.66 bits per heavy atom. The highest BCUT2D eigenvalue weighted by atomic mass is 16.5. The molecule has 0 saturated carbocycles. The number of benzene rings is 4. The molecule has 1 atom stereocenters. The van der Waals surface area contributed by atoms with Gasteiger partial charge in [-0.2, -0.15) is 0 Å². The van der Waals surface area contributed by atoms with E-state index in [0.717, 1.165) is 47.3 Å². The van der Waals surface area contributed by atoms with Gasteiger partial charge in [0.1, 0.15) is 13.2 Å². The summed E-state index contributed by atoms with van der Waals surface area (Å²) in [7, 11) is 4.90. The highest BCUT2D eigenvalue weighted by Gasteiger charge is 2.36. The predicted octanol–water partition coefficient (Wildman–Crippen LogP) is 7.22. The van der Waals surface area contributed by atoms with Crippen molar-refractivity contribution in [2.24, 2.45) is 4.99 Å². The highest BCUT2D eigenvalue weighted by molar-refractivity contribution is 6.14. The number of allylic oxidation sites excluding steroid dienone is 2. The molecule has 0 aromatic heterocycles. The number of nitrogens with zero attached hydrogens (tertiary/aromatic N) is 3. The van der Waals surface area contributed by atoms with E-state index in [0.29, 0.717) is 64.2 Å². The lowest BCUT2D eigenvalue weighted by Crippen LogP contribution is -2.37. The first-order valence-electron chi connectivity index (χ1n) is 17.8. The molecule has 3 N–H and O–H groups in total. The summed E-state index contributed by atoms with van der Waals surface area (Å²) in [6.45, 7) is 1.04. The van der Waals surface area contributed by atoms with Crippen molar-refractivity contribution in [2.45, 2.75) is 44.9 Å². The van der Waals surface area contributed by atoms with Gasteiger partial charge in [-0.15, -0.1) is 0 Å². The van der Waals surface area contributed by atoms with Crippen LogP contribution in [0.5, 0.6) is 23.0 Å². The Morgan fingerprint density at radius 3 is 2.42 bits per heavy atom. The third-order valence-electron chi connectivity index (χ3n) is 10.2. The monoisotopic (exact) mass is 711 g/mol. The minimum Gasteiger partial charge on any atom is -0.493 e. The van der Waals surface area contributed by atoms with Crippen LogP contribution in [0.1, 0.15) is 56.7 Å². The molecular weight excluding hydrogens is 670 g/mol. The van der Waals surface area contributed by atoms with E-state index in [-0.39, 0.29) is 31.1 Å². The highest BCUT2D eigenvalue weighted by Crippen LogP contribution is 2.42. The van der Waals surface area contributed by atoms with Crippen LogP contribution >= 0.6 is 0 Å². The first kappa shape index (κ1) is 33.9. The van der Waals surface area contributed by atoms with E-state index < -0.39 is 0 Å². The zero-order valence-corrected chi connectivity index (χ0v) is 30.0. The molecule has 0 radical (unpaired) electrons. The number of fused-ring (bicyclic) bond motifs is 4.